The number of urea groups is 1. The number of benzene rings is 2. The van der Waals surface area contributed by atoms with Gasteiger partial charge in [-0.2, -0.15) is 0 Å². The molecule has 3 N–H and O–H groups in total. The fourth-order valence-corrected chi connectivity index (χ4v) is 3.06. The van der Waals surface area contributed by atoms with Gasteiger partial charge in [0, 0.05) is 11.4 Å². The van der Waals surface area contributed by atoms with Crippen LogP contribution in [0.4, 0.5) is 10.5 Å². The second kappa shape index (κ2) is 7.95. The minimum atomic E-state index is -0.511. The molecule has 0 unspecified atom stereocenters. The number of hydrogen-bond acceptors (Lipinski definition) is 3. The Hall–Kier alpha value is -3.28. The van der Waals surface area contributed by atoms with Crippen LogP contribution in [0.5, 0.6) is 5.75 Å². The van der Waals surface area contributed by atoms with Crippen molar-refractivity contribution in [1.82, 2.24) is 10.6 Å². The summed E-state index contributed by atoms with van der Waals surface area (Å²) in [6, 6.07) is 14.2. The van der Waals surface area contributed by atoms with E-state index in [1.807, 2.05) is 24.3 Å². The first kappa shape index (κ1) is 18.5. The van der Waals surface area contributed by atoms with Crippen molar-refractivity contribution in [3.05, 3.63) is 70.9 Å². The minimum Gasteiger partial charge on any atom is -0.497 e. The number of rotatable bonds is 5. The van der Waals surface area contributed by atoms with Crippen LogP contribution in [-0.2, 0) is 11.2 Å². The van der Waals surface area contributed by atoms with Crippen LogP contribution in [0, 0.1) is 0 Å². The lowest BCUT2D eigenvalue weighted by atomic mass is 9.94. The summed E-state index contributed by atoms with van der Waals surface area (Å²) in [5, 5.41) is 8.42. The molecule has 3 rings (SSSR count). The van der Waals surface area contributed by atoms with Gasteiger partial charge < -0.3 is 20.7 Å². The molecule has 1 atom stereocenters. The quantitative estimate of drug-likeness (QED) is 0.758. The average molecular weight is 365 g/mol. The number of hydrogen-bond donors (Lipinski definition) is 3. The molecule has 0 saturated carbocycles. The van der Waals surface area contributed by atoms with Crippen LogP contribution in [0.2, 0.25) is 0 Å². The molecule has 27 heavy (non-hydrogen) atoms. The third-order valence-electron chi connectivity index (χ3n) is 4.58. The van der Waals surface area contributed by atoms with E-state index in [2.05, 4.69) is 22.9 Å². The van der Waals surface area contributed by atoms with Crippen LogP contribution in [0.15, 0.2) is 59.8 Å². The highest BCUT2D eigenvalue weighted by Crippen LogP contribution is 2.28. The summed E-state index contributed by atoms with van der Waals surface area (Å²) in [4.78, 5) is 24.9. The Morgan fingerprint density at radius 1 is 1.11 bits per heavy atom. The number of allylic oxidation sites excluding steroid dienone is 1. The molecule has 1 aliphatic rings. The molecule has 6 nitrogen and oxygen atoms in total. The number of carbonyl (C=O) groups is 2. The molecule has 0 radical (unpaired) electrons. The van der Waals surface area contributed by atoms with Crippen LogP contribution in [-0.4, -0.2) is 19.0 Å². The van der Waals surface area contributed by atoms with Gasteiger partial charge >= 0.3 is 6.03 Å². The molecule has 3 amide bonds. The molecular formula is C21H23N3O3. The minimum absolute atomic E-state index is 0.269. The van der Waals surface area contributed by atoms with Gasteiger partial charge in [-0.25, -0.2) is 4.79 Å². The molecule has 0 aliphatic carbocycles. The lowest BCUT2D eigenvalue weighted by Gasteiger charge is -2.28. The Morgan fingerprint density at radius 3 is 2.37 bits per heavy atom. The second-order valence-electron chi connectivity index (χ2n) is 6.35. The Labute approximate surface area is 158 Å². The van der Waals surface area contributed by atoms with Gasteiger partial charge in [-0.1, -0.05) is 31.2 Å². The molecule has 2 aromatic carbocycles. The first-order valence-electron chi connectivity index (χ1n) is 8.84. The van der Waals surface area contributed by atoms with Gasteiger partial charge in [-0.15, -0.1) is 0 Å². The third kappa shape index (κ3) is 4.11. The molecule has 0 saturated heterocycles. The van der Waals surface area contributed by atoms with Gasteiger partial charge in [-0.05, 0) is 48.7 Å². The van der Waals surface area contributed by atoms with Crippen molar-refractivity contribution in [2.75, 3.05) is 12.4 Å². The first-order chi connectivity index (χ1) is 13.0. The zero-order valence-corrected chi connectivity index (χ0v) is 15.6. The Balaban J connectivity index is 1.88. The van der Waals surface area contributed by atoms with E-state index in [0.29, 0.717) is 22.7 Å². The van der Waals surface area contributed by atoms with E-state index in [-0.39, 0.29) is 11.9 Å². The maximum atomic E-state index is 13.0. The zero-order valence-electron chi connectivity index (χ0n) is 15.6. The van der Waals surface area contributed by atoms with Crippen molar-refractivity contribution in [3.8, 4) is 5.75 Å². The molecule has 0 bridgehead atoms. The van der Waals surface area contributed by atoms with Crippen molar-refractivity contribution < 1.29 is 14.3 Å². The van der Waals surface area contributed by atoms with E-state index >= 15 is 0 Å². The largest absolute Gasteiger partial charge is 0.497 e. The van der Waals surface area contributed by atoms with Crippen LogP contribution in [0.1, 0.15) is 31.0 Å². The molecule has 0 spiro atoms. The molecule has 0 aromatic heterocycles. The summed E-state index contributed by atoms with van der Waals surface area (Å²) >= 11 is 0. The summed E-state index contributed by atoms with van der Waals surface area (Å²) < 4.78 is 5.13. The van der Waals surface area contributed by atoms with E-state index in [1.165, 1.54) is 5.56 Å². The van der Waals surface area contributed by atoms with E-state index in [0.717, 1.165) is 12.0 Å². The maximum Gasteiger partial charge on any atom is 0.319 e. The predicted molar refractivity (Wildman–Crippen MR) is 105 cm³/mol. The molecule has 140 valence electrons. The van der Waals surface area contributed by atoms with E-state index < -0.39 is 6.04 Å². The van der Waals surface area contributed by atoms with Gasteiger partial charge in [0.05, 0.1) is 18.7 Å². The highest BCUT2D eigenvalue weighted by Gasteiger charge is 2.31. The summed E-state index contributed by atoms with van der Waals surface area (Å²) in [6.07, 6.45) is 0.929. The van der Waals surface area contributed by atoms with E-state index in [4.69, 9.17) is 4.74 Å². The fourth-order valence-electron chi connectivity index (χ4n) is 3.06. The van der Waals surface area contributed by atoms with E-state index in [9.17, 15) is 9.59 Å². The van der Waals surface area contributed by atoms with Gasteiger partial charge in [0.25, 0.3) is 5.91 Å². The van der Waals surface area contributed by atoms with Crippen molar-refractivity contribution in [3.63, 3.8) is 0 Å². The standard InChI is InChI=1S/C21H23N3O3/c1-4-14-5-7-15(8-6-14)19-18(13(2)22-21(26)24-19)20(25)23-16-9-11-17(27-3)12-10-16/h5-12,19H,4H2,1-3H3,(H,23,25)(H2,22,24,26)/t19-/m1/s1. The number of amides is 3. The summed E-state index contributed by atoms with van der Waals surface area (Å²) in [7, 11) is 1.59. The smallest absolute Gasteiger partial charge is 0.319 e. The summed E-state index contributed by atoms with van der Waals surface area (Å²) in [6.45, 7) is 3.81. The fraction of sp³-hybridized carbons (Fsp3) is 0.238. The molecule has 0 fully saturated rings. The zero-order chi connectivity index (χ0) is 19.4. The van der Waals surface area contributed by atoms with Crippen LogP contribution in [0.25, 0.3) is 0 Å². The molecule has 6 heteroatoms. The normalized spacial score (nSPS) is 16.4. The van der Waals surface area contributed by atoms with Crippen LogP contribution >= 0.6 is 0 Å². The van der Waals surface area contributed by atoms with Crippen LogP contribution in [0.3, 0.4) is 0 Å². The number of anilines is 1. The number of methoxy groups -OCH3 is 1. The third-order valence-corrected chi connectivity index (χ3v) is 4.58. The topological polar surface area (TPSA) is 79.5 Å². The van der Waals surface area contributed by atoms with Crippen molar-refractivity contribution in [2.24, 2.45) is 0 Å². The lowest BCUT2D eigenvalue weighted by molar-refractivity contribution is -0.113. The van der Waals surface area contributed by atoms with Crippen molar-refractivity contribution in [1.29, 1.82) is 0 Å². The second-order valence-corrected chi connectivity index (χ2v) is 6.35. The van der Waals surface area contributed by atoms with Gasteiger partial charge in [0.15, 0.2) is 0 Å². The summed E-state index contributed by atoms with van der Waals surface area (Å²) in [5.74, 6) is 0.443. The van der Waals surface area contributed by atoms with Gasteiger partial charge in [-0.3, -0.25) is 4.79 Å². The number of carbonyl (C=O) groups excluding carboxylic acids is 2. The van der Waals surface area contributed by atoms with Gasteiger partial charge in [0.1, 0.15) is 5.75 Å². The van der Waals surface area contributed by atoms with Crippen molar-refractivity contribution in [2.45, 2.75) is 26.3 Å². The van der Waals surface area contributed by atoms with Gasteiger partial charge in [0.2, 0.25) is 0 Å². The first-order valence-corrected chi connectivity index (χ1v) is 8.84. The SMILES string of the molecule is CCc1ccc([C@H]2NC(=O)NC(C)=C2C(=O)Nc2ccc(OC)cc2)cc1. The summed E-state index contributed by atoms with van der Waals surface area (Å²) in [5.41, 5.74) is 3.73. The molecule has 1 heterocycles. The Kier molecular flexibility index (Phi) is 5.45. The van der Waals surface area contributed by atoms with E-state index in [1.54, 1.807) is 38.3 Å². The monoisotopic (exact) mass is 365 g/mol. The Bertz CT molecular complexity index is 871. The van der Waals surface area contributed by atoms with Crippen LogP contribution < -0.4 is 20.7 Å². The van der Waals surface area contributed by atoms with Crippen molar-refractivity contribution >= 4 is 17.6 Å². The Morgan fingerprint density at radius 2 is 1.78 bits per heavy atom. The number of ether oxygens (including phenoxy) is 1. The molecule has 2 aromatic rings. The molecular weight excluding hydrogens is 342 g/mol. The predicted octanol–water partition coefficient (Wildman–Crippen LogP) is 3.52. The average Bonchev–Trinajstić information content (AvgIpc) is 2.68. The lowest BCUT2D eigenvalue weighted by Crippen LogP contribution is -2.45. The molecule has 1 aliphatic heterocycles. The number of nitrogens with one attached hydrogen (secondary N) is 3. The highest BCUT2D eigenvalue weighted by molar-refractivity contribution is 6.06. The highest BCUT2D eigenvalue weighted by atomic mass is 16.5. The number of aryl methyl sites for hydroxylation is 1. The maximum absolute atomic E-state index is 13.0.